The van der Waals surface area contributed by atoms with Gasteiger partial charge in [-0.3, -0.25) is 9.59 Å². The van der Waals surface area contributed by atoms with E-state index in [4.69, 9.17) is 5.73 Å². The number of amides is 2. The van der Waals surface area contributed by atoms with Crippen LogP contribution < -0.4 is 16.4 Å². The van der Waals surface area contributed by atoms with Gasteiger partial charge in [-0.2, -0.15) is 0 Å². The molecule has 1 saturated carbocycles. The van der Waals surface area contributed by atoms with E-state index < -0.39 is 5.91 Å². The van der Waals surface area contributed by atoms with Gasteiger partial charge in [-0.05, 0) is 68.5 Å². The molecule has 1 unspecified atom stereocenters. The lowest BCUT2D eigenvalue weighted by atomic mass is 9.92. The summed E-state index contributed by atoms with van der Waals surface area (Å²) in [5.41, 5.74) is 7.53. The number of carbonyl (C=O) groups is 2. The smallest absolute Gasteiger partial charge is 0.248 e. The third-order valence-corrected chi connectivity index (χ3v) is 4.86. The molecule has 0 aromatic heterocycles. The number of hydrogen-bond acceptors (Lipinski definition) is 3. The molecular formula is C16H21N3O2. The molecule has 1 heterocycles. The molecule has 3 rings (SSSR count). The molecule has 1 aliphatic heterocycles. The Morgan fingerprint density at radius 2 is 2.05 bits per heavy atom. The number of piperidine rings is 1. The van der Waals surface area contributed by atoms with E-state index >= 15 is 0 Å². The maximum absolute atomic E-state index is 12.4. The number of hydrogen-bond donors (Lipinski definition) is 3. The van der Waals surface area contributed by atoms with E-state index in [1.165, 1.54) is 0 Å². The minimum absolute atomic E-state index is 0.100. The van der Waals surface area contributed by atoms with Crippen LogP contribution in [0.4, 0.5) is 5.69 Å². The minimum atomic E-state index is -0.443. The average Bonchev–Trinajstić information content (AvgIpc) is 3.13. The molecule has 4 N–H and O–H groups in total. The van der Waals surface area contributed by atoms with Crippen molar-refractivity contribution in [1.29, 1.82) is 0 Å². The highest BCUT2D eigenvalue weighted by Crippen LogP contribution is 2.58. The van der Waals surface area contributed by atoms with Crippen molar-refractivity contribution >= 4 is 17.5 Å². The second-order valence-corrected chi connectivity index (χ2v) is 6.25. The molecule has 1 atom stereocenters. The summed E-state index contributed by atoms with van der Waals surface area (Å²) < 4.78 is 0. The third-order valence-electron chi connectivity index (χ3n) is 4.86. The Hall–Kier alpha value is -1.88. The van der Waals surface area contributed by atoms with Crippen LogP contribution in [0.25, 0.3) is 0 Å². The Morgan fingerprint density at radius 3 is 2.67 bits per heavy atom. The van der Waals surface area contributed by atoms with Gasteiger partial charge < -0.3 is 16.4 Å². The van der Waals surface area contributed by atoms with Gasteiger partial charge in [0.05, 0.1) is 0 Å². The number of nitrogens with two attached hydrogens (primary N) is 1. The fraction of sp³-hybridized carbons (Fsp3) is 0.500. The lowest BCUT2D eigenvalue weighted by molar-refractivity contribution is -0.118. The first-order valence-corrected chi connectivity index (χ1v) is 7.44. The van der Waals surface area contributed by atoms with Crippen LogP contribution in [-0.4, -0.2) is 24.9 Å². The van der Waals surface area contributed by atoms with E-state index in [9.17, 15) is 9.59 Å². The Bertz CT molecular complexity index is 591. The predicted molar refractivity (Wildman–Crippen MR) is 81.0 cm³/mol. The molecule has 2 amide bonds. The fourth-order valence-electron chi connectivity index (χ4n) is 3.44. The van der Waals surface area contributed by atoms with Gasteiger partial charge in [0.1, 0.15) is 0 Å². The molecule has 0 bridgehead atoms. The molecule has 1 saturated heterocycles. The van der Waals surface area contributed by atoms with Gasteiger partial charge >= 0.3 is 0 Å². The van der Waals surface area contributed by atoms with Gasteiger partial charge in [-0.1, -0.05) is 0 Å². The highest BCUT2D eigenvalue weighted by Gasteiger charge is 2.57. The van der Waals surface area contributed by atoms with Crippen molar-refractivity contribution in [2.45, 2.75) is 26.2 Å². The molecule has 1 spiro atoms. The third kappa shape index (κ3) is 2.65. The Kier molecular flexibility index (Phi) is 3.45. The summed E-state index contributed by atoms with van der Waals surface area (Å²) in [5, 5.41) is 6.31. The van der Waals surface area contributed by atoms with Crippen LogP contribution in [0, 0.1) is 18.3 Å². The first kappa shape index (κ1) is 14.1. The van der Waals surface area contributed by atoms with Crippen molar-refractivity contribution < 1.29 is 9.59 Å². The number of primary amides is 1. The normalized spacial score (nSPS) is 22.8. The van der Waals surface area contributed by atoms with E-state index in [0.717, 1.165) is 43.6 Å². The van der Waals surface area contributed by atoms with Crippen molar-refractivity contribution in [3.05, 3.63) is 29.3 Å². The van der Waals surface area contributed by atoms with Crippen LogP contribution in [0.5, 0.6) is 0 Å². The Balaban J connectivity index is 1.66. The van der Waals surface area contributed by atoms with Gasteiger partial charge in [-0.25, -0.2) is 0 Å². The summed E-state index contributed by atoms with van der Waals surface area (Å²) >= 11 is 0. The molecule has 1 aromatic rings. The molecule has 2 aliphatic rings. The minimum Gasteiger partial charge on any atom is -0.366 e. The Labute approximate surface area is 124 Å². The number of nitrogens with one attached hydrogen (secondary N) is 2. The highest BCUT2D eigenvalue weighted by molar-refractivity contribution is 5.97. The zero-order chi connectivity index (χ0) is 15.0. The highest BCUT2D eigenvalue weighted by atomic mass is 16.2. The second kappa shape index (κ2) is 5.15. The largest absolute Gasteiger partial charge is 0.366 e. The van der Waals surface area contributed by atoms with Crippen molar-refractivity contribution in [2.24, 2.45) is 17.1 Å². The number of anilines is 1. The number of carbonyl (C=O) groups excluding carboxylic acids is 2. The summed E-state index contributed by atoms with van der Waals surface area (Å²) in [7, 11) is 0. The van der Waals surface area contributed by atoms with Crippen LogP contribution in [0.3, 0.4) is 0 Å². The van der Waals surface area contributed by atoms with Crippen LogP contribution >= 0.6 is 0 Å². The predicted octanol–water partition coefficient (Wildman–Crippen LogP) is 1.42. The van der Waals surface area contributed by atoms with Gasteiger partial charge in [0, 0.05) is 17.2 Å². The summed E-state index contributed by atoms with van der Waals surface area (Å²) in [6.45, 7) is 3.84. The van der Waals surface area contributed by atoms with Crippen LogP contribution in [0.2, 0.25) is 0 Å². The second-order valence-electron chi connectivity index (χ2n) is 6.25. The van der Waals surface area contributed by atoms with Crippen molar-refractivity contribution in [2.75, 3.05) is 18.4 Å². The molecule has 0 radical (unpaired) electrons. The number of benzene rings is 1. The number of aryl methyl sites for hydroxylation is 1. The molecule has 112 valence electrons. The SMILES string of the molecule is Cc1cc(NC(=O)C2CC23CCNCC3)ccc1C(N)=O. The fourth-order valence-corrected chi connectivity index (χ4v) is 3.44. The lowest BCUT2D eigenvalue weighted by Crippen LogP contribution is -2.31. The standard InChI is InChI=1S/C16H21N3O2/c1-10-8-11(2-3-12(10)14(17)20)19-15(21)13-9-16(13)4-6-18-7-5-16/h2-3,8,13,18H,4-7,9H2,1H3,(H2,17,20)(H,19,21). The topological polar surface area (TPSA) is 84.2 Å². The van der Waals surface area contributed by atoms with Gasteiger partial charge in [0.15, 0.2) is 0 Å². The van der Waals surface area contributed by atoms with Gasteiger partial charge in [0.25, 0.3) is 0 Å². The molecule has 5 heteroatoms. The molecule has 21 heavy (non-hydrogen) atoms. The van der Waals surface area contributed by atoms with Crippen molar-refractivity contribution in [1.82, 2.24) is 5.32 Å². The summed E-state index contributed by atoms with van der Waals surface area (Å²) in [6.07, 6.45) is 3.17. The number of rotatable bonds is 3. The van der Waals surface area contributed by atoms with Gasteiger partial charge in [0.2, 0.25) is 11.8 Å². The van der Waals surface area contributed by atoms with Crippen LogP contribution in [0.15, 0.2) is 18.2 Å². The maximum atomic E-state index is 12.4. The van der Waals surface area contributed by atoms with E-state index in [1.54, 1.807) is 18.2 Å². The van der Waals surface area contributed by atoms with Crippen LogP contribution in [0.1, 0.15) is 35.2 Å². The van der Waals surface area contributed by atoms with Crippen molar-refractivity contribution in [3.63, 3.8) is 0 Å². The van der Waals surface area contributed by atoms with Crippen LogP contribution in [-0.2, 0) is 4.79 Å². The summed E-state index contributed by atoms with van der Waals surface area (Å²) in [5.74, 6) is -0.208. The molecule has 5 nitrogen and oxygen atoms in total. The monoisotopic (exact) mass is 287 g/mol. The molecular weight excluding hydrogens is 266 g/mol. The zero-order valence-electron chi connectivity index (χ0n) is 12.2. The lowest BCUT2D eigenvalue weighted by Gasteiger charge is -2.23. The molecule has 1 aromatic carbocycles. The van der Waals surface area contributed by atoms with Gasteiger partial charge in [-0.15, -0.1) is 0 Å². The van der Waals surface area contributed by atoms with E-state index in [0.29, 0.717) is 5.56 Å². The maximum Gasteiger partial charge on any atom is 0.248 e. The summed E-state index contributed by atoms with van der Waals surface area (Å²) in [4.78, 5) is 23.6. The van der Waals surface area contributed by atoms with E-state index in [1.807, 2.05) is 6.92 Å². The molecule has 2 fully saturated rings. The molecule has 1 aliphatic carbocycles. The summed E-state index contributed by atoms with van der Waals surface area (Å²) in [6, 6.07) is 5.21. The zero-order valence-corrected chi connectivity index (χ0v) is 12.2. The van der Waals surface area contributed by atoms with E-state index in [-0.39, 0.29) is 17.2 Å². The average molecular weight is 287 g/mol. The first-order chi connectivity index (χ1) is 10.0. The van der Waals surface area contributed by atoms with Crippen molar-refractivity contribution in [3.8, 4) is 0 Å². The van der Waals surface area contributed by atoms with E-state index in [2.05, 4.69) is 10.6 Å². The Morgan fingerprint density at radius 1 is 1.33 bits per heavy atom. The quantitative estimate of drug-likeness (QED) is 0.786. The first-order valence-electron chi connectivity index (χ1n) is 7.44.